The summed E-state index contributed by atoms with van der Waals surface area (Å²) >= 11 is 0. The number of hydrogen-bond acceptors (Lipinski definition) is 3. The highest BCUT2D eigenvalue weighted by molar-refractivity contribution is 5.21. The number of rotatable bonds is 5. The minimum absolute atomic E-state index is 0.000750. The Morgan fingerprint density at radius 1 is 1.47 bits per heavy atom. The van der Waals surface area contributed by atoms with E-state index in [1.54, 1.807) is 0 Å². The fraction of sp³-hybridized carbons (Fsp3) is 0.571. The number of aliphatic hydroxyl groups excluding tert-OH is 1. The van der Waals surface area contributed by atoms with Crippen LogP contribution in [0.2, 0.25) is 0 Å². The molecule has 3 nitrogen and oxygen atoms in total. The van der Waals surface area contributed by atoms with E-state index in [0.29, 0.717) is 6.54 Å². The Labute approximate surface area is 111 Å². The van der Waals surface area contributed by atoms with Crippen molar-refractivity contribution >= 4 is 0 Å². The molecule has 0 amide bonds. The molecular formula is C14H19F2NO2. The van der Waals surface area contributed by atoms with Crippen LogP contribution in [0.25, 0.3) is 0 Å². The lowest BCUT2D eigenvalue weighted by Crippen LogP contribution is -2.32. The first-order valence-electron chi connectivity index (χ1n) is 6.49. The maximum absolute atomic E-state index is 13.5. The van der Waals surface area contributed by atoms with Gasteiger partial charge in [-0.3, -0.25) is 0 Å². The third-order valence-electron chi connectivity index (χ3n) is 3.34. The Balaban J connectivity index is 1.91. The van der Waals surface area contributed by atoms with Gasteiger partial charge in [-0.25, -0.2) is 8.78 Å². The van der Waals surface area contributed by atoms with Gasteiger partial charge in [-0.05, 0) is 38.1 Å². The first-order chi connectivity index (χ1) is 9.06. The summed E-state index contributed by atoms with van der Waals surface area (Å²) in [5, 5.41) is 9.98. The summed E-state index contributed by atoms with van der Waals surface area (Å²) in [6.45, 7) is 1.72. The second kappa shape index (κ2) is 6.41. The van der Waals surface area contributed by atoms with Crippen molar-refractivity contribution in [1.82, 2.24) is 4.90 Å². The molecule has 0 aliphatic carbocycles. The van der Waals surface area contributed by atoms with Crippen LogP contribution >= 0.6 is 0 Å². The molecule has 1 heterocycles. The van der Waals surface area contributed by atoms with Gasteiger partial charge in [0.2, 0.25) is 0 Å². The maximum Gasteiger partial charge on any atom is 0.129 e. The molecule has 0 spiro atoms. The average Bonchev–Trinajstić information content (AvgIpc) is 2.84. The zero-order valence-corrected chi connectivity index (χ0v) is 11.0. The van der Waals surface area contributed by atoms with E-state index in [9.17, 15) is 13.9 Å². The van der Waals surface area contributed by atoms with Gasteiger partial charge in [0.05, 0.1) is 12.2 Å². The lowest BCUT2D eigenvalue weighted by molar-refractivity contribution is 0.0593. The molecule has 0 bridgehead atoms. The van der Waals surface area contributed by atoms with Crippen molar-refractivity contribution in [3.05, 3.63) is 35.4 Å². The van der Waals surface area contributed by atoms with E-state index in [4.69, 9.17) is 4.74 Å². The summed E-state index contributed by atoms with van der Waals surface area (Å²) in [6, 6.07) is 3.12. The van der Waals surface area contributed by atoms with Crippen LogP contribution in [-0.4, -0.2) is 42.9 Å². The Morgan fingerprint density at radius 3 is 2.95 bits per heavy atom. The number of halogens is 2. The Kier molecular flexibility index (Phi) is 4.85. The molecule has 2 rings (SSSR count). The molecule has 2 atom stereocenters. The first kappa shape index (κ1) is 14.4. The zero-order chi connectivity index (χ0) is 13.8. The maximum atomic E-state index is 13.5. The Hall–Kier alpha value is -1.04. The molecule has 0 aromatic heterocycles. The quantitative estimate of drug-likeness (QED) is 0.890. The number of ether oxygens (including phenoxy) is 1. The standard InChI is InChI=1S/C14H19F2NO2/c1-17(8-11-3-2-6-19-11)9-14(18)12-7-10(15)4-5-13(12)16/h4-5,7,11,14,18H,2-3,6,8-9H2,1H3. The molecule has 1 aliphatic heterocycles. The molecule has 1 aromatic carbocycles. The first-order valence-corrected chi connectivity index (χ1v) is 6.49. The third-order valence-corrected chi connectivity index (χ3v) is 3.34. The van der Waals surface area contributed by atoms with Crippen molar-refractivity contribution in [3.8, 4) is 0 Å². The second-order valence-corrected chi connectivity index (χ2v) is 5.04. The van der Waals surface area contributed by atoms with Crippen molar-refractivity contribution in [3.63, 3.8) is 0 Å². The minimum atomic E-state index is -1.04. The van der Waals surface area contributed by atoms with Gasteiger partial charge in [-0.2, -0.15) is 0 Å². The summed E-state index contributed by atoms with van der Waals surface area (Å²) in [6.07, 6.45) is 1.20. The van der Waals surface area contributed by atoms with E-state index in [0.717, 1.165) is 37.6 Å². The highest BCUT2D eigenvalue weighted by Gasteiger charge is 2.20. The van der Waals surface area contributed by atoms with Gasteiger partial charge in [0.15, 0.2) is 0 Å². The molecule has 0 saturated carbocycles. The molecule has 5 heteroatoms. The molecule has 2 unspecified atom stereocenters. The van der Waals surface area contributed by atoms with E-state index in [-0.39, 0.29) is 18.2 Å². The van der Waals surface area contributed by atoms with Crippen LogP contribution in [0.15, 0.2) is 18.2 Å². The van der Waals surface area contributed by atoms with Gasteiger partial charge in [-0.1, -0.05) is 0 Å². The molecule has 1 saturated heterocycles. The third kappa shape index (κ3) is 3.96. The zero-order valence-electron chi connectivity index (χ0n) is 11.0. The molecule has 106 valence electrons. The fourth-order valence-electron chi connectivity index (χ4n) is 2.37. The van der Waals surface area contributed by atoms with Crippen molar-refractivity contribution in [1.29, 1.82) is 0 Å². The SMILES string of the molecule is CN(CC1CCCO1)CC(O)c1cc(F)ccc1F. The number of hydrogen-bond donors (Lipinski definition) is 1. The van der Waals surface area contributed by atoms with Crippen LogP contribution < -0.4 is 0 Å². The van der Waals surface area contributed by atoms with Crippen LogP contribution in [0.5, 0.6) is 0 Å². The van der Waals surface area contributed by atoms with Crippen molar-refractivity contribution < 1.29 is 18.6 Å². The smallest absolute Gasteiger partial charge is 0.129 e. The monoisotopic (exact) mass is 271 g/mol. The normalized spacial score (nSPS) is 21.0. The number of likely N-dealkylation sites (N-methyl/N-ethyl adjacent to an activating group) is 1. The van der Waals surface area contributed by atoms with Gasteiger partial charge >= 0.3 is 0 Å². The van der Waals surface area contributed by atoms with E-state index >= 15 is 0 Å². The number of benzene rings is 1. The average molecular weight is 271 g/mol. The van der Waals surface area contributed by atoms with E-state index in [1.807, 2.05) is 11.9 Å². The topological polar surface area (TPSA) is 32.7 Å². The summed E-state index contributed by atoms with van der Waals surface area (Å²) in [4.78, 5) is 1.88. The Morgan fingerprint density at radius 2 is 2.26 bits per heavy atom. The predicted molar refractivity (Wildman–Crippen MR) is 67.8 cm³/mol. The summed E-state index contributed by atoms with van der Waals surface area (Å²) < 4.78 is 32.1. The molecular weight excluding hydrogens is 252 g/mol. The molecule has 19 heavy (non-hydrogen) atoms. The lowest BCUT2D eigenvalue weighted by atomic mass is 10.1. The van der Waals surface area contributed by atoms with Gasteiger partial charge in [0.25, 0.3) is 0 Å². The lowest BCUT2D eigenvalue weighted by Gasteiger charge is -2.23. The van der Waals surface area contributed by atoms with Crippen LogP contribution in [-0.2, 0) is 4.74 Å². The van der Waals surface area contributed by atoms with Crippen LogP contribution in [0, 0.1) is 11.6 Å². The molecule has 1 fully saturated rings. The van der Waals surface area contributed by atoms with Crippen molar-refractivity contribution in [2.75, 3.05) is 26.7 Å². The highest BCUT2D eigenvalue weighted by Crippen LogP contribution is 2.20. The van der Waals surface area contributed by atoms with E-state index in [1.165, 1.54) is 0 Å². The highest BCUT2D eigenvalue weighted by atomic mass is 19.1. The van der Waals surface area contributed by atoms with Crippen molar-refractivity contribution in [2.24, 2.45) is 0 Å². The summed E-state index contributed by atoms with van der Waals surface area (Å²) in [7, 11) is 1.84. The molecule has 1 aliphatic rings. The van der Waals surface area contributed by atoms with Gasteiger partial charge in [0, 0.05) is 25.3 Å². The number of nitrogens with zero attached hydrogens (tertiary/aromatic N) is 1. The fourth-order valence-corrected chi connectivity index (χ4v) is 2.37. The van der Waals surface area contributed by atoms with Crippen LogP contribution in [0.1, 0.15) is 24.5 Å². The predicted octanol–water partition coefficient (Wildman–Crippen LogP) is 2.11. The Bertz CT molecular complexity index is 422. The van der Waals surface area contributed by atoms with Crippen molar-refractivity contribution in [2.45, 2.75) is 25.0 Å². The summed E-state index contributed by atoms with van der Waals surface area (Å²) in [5.74, 6) is -1.13. The van der Waals surface area contributed by atoms with Gasteiger partial charge in [0.1, 0.15) is 11.6 Å². The van der Waals surface area contributed by atoms with E-state index in [2.05, 4.69) is 0 Å². The number of aliphatic hydroxyl groups is 1. The molecule has 1 aromatic rings. The molecule has 1 N–H and O–H groups in total. The van der Waals surface area contributed by atoms with Gasteiger partial charge < -0.3 is 14.7 Å². The second-order valence-electron chi connectivity index (χ2n) is 5.04. The largest absolute Gasteiger partial charge is 0.387 e. The molecule has 0 radical (unpaired) electrons. The van der Waals surface area contributed by atoms with Crippen LogP contribution in [0.4, 0.5) is 8.78 Å². The minimum Gasteiger partial charge on any atom is -0.387 e. The summed E-state index contributed by atoms with van der Waals surface area (Å²) in [5.41, 5.74) is -0.000750. The van der Waals surface area contributed by atoms with E-state index < -0.39 is 17.7 Å². The van der Waals surface area contributed by atoms with Gasteiger partial charge in [-0.15, -0.1) is 0 Å². The van der Waals surface area contributed by atoms with Crippen LogP contribution in [0.3, 0.4) is 0 Å².